The molecule has 1 unspecified atom stereocenters. The highest BCUT2D eigenvalue weighted by Crippen LogP contribution is 2.23. The van der Waals surface area contributed by atoms with Crippen molar-refractivity contribution >= 4 is 35.1 Å². The van der Waals surface area contributed by atoms with Gasteiger partial charge in [0.05, 0.1) is 0 Å². The maximum atomic E-state index is 11.0. The number of benzene rings is 1. The topological polar surface area (TPSA) is 99.2 Å². The van der Waals surface area contributed by atoms with E-state index in [1.165, 1.54) is 18.2 Å². The van der Waals surface area contributed by atoms with Crippen molar-refractivity contribution in [2.45, 2.75) is 6.04 Å². The average molecular weight is 262 g/mol. The highest BCUT2D eigenvalue weighted by Gasteiger charge is 2.20. The Hall–Kier alpha value is -1.46. The first-order chi connectivity index (χ1) is 7.40. The van der Waals surface area contributed by atoms with Gasteiger partial charge in [0.25, 0.3) is 0 Å². The Labute approximate surface area is 102 Å². The molecule has 1 atom stereocenters. The van der Waals surface area contributed by atoms with Crippen LogP contribution in [0.5, 0.6) is 0 Å². The van der Waals surface area contributed by atoms with E-state index in [1.807, 2.05) is 0 Å². The number of hydrogen-bond acceptors (Lipinski definition) is 2. The van der Waals surface area contributed by atoms with Crippen LogP contribution in [-0.4, -0.2) is 17.0 Å². The number of hydrogen-bond donors (Lipinski definition) is 4. The van der Waals surface area contributed by atoms with Crippen LogP contribution in [-0.2, 0) is 4.79 Å². The smallest absolute Gasteiger partial charge is 0.330 e. The Morgan fingerprint density at radius 1 is 1.38 bits per heavy atom. The van der Waals surface area contributed by atoms with E-state index in [4.69, 9.17) is 39.5 Å². The van der Waals surface area contributed by atoms with Crippen molar-refractivity contribution in [3.05, 3.63) is 33.8 Å². The van der Waals surface area contributed by atoms with E-state index in [-0.39, 0.29) is 0 Å². The molecule has 7 heteroatoms. The van der Waals surface area contributed by atoms with Crippen LogP contribution in [0.2, 0.25) is 10.0 Å². The van der Waals surface area contributed by atoms with Gasteiger partial charge in [-0.15, -0.1) is 0 Å². The number of carboxylic acids is 1. The minimum Gasteiger partial charge on any atom is -0.479 e. The zero-order chi connectivity index (χ0) is 12.3. The van der Waals surface area contributed by atoms with Crippen LogP contribution in [0.4, 0.5) is 0 Å². The highest BCUT2D eigenvalue weighted by molar-refractivity contribution is 6.34. The molecule has 0 saturated heterocycles. The predicted molar refractivity (Wildman–Crippen MR) is 61.9 cm³/mol. The lowest BCUT2D eigenvalue weighted by molar-refractivity contribution is -0.139. The molecule has 1 aromatic rings. The lowest BCUT2D eigenvalue weighted by atomic mass is 10.1. The van der Waals surface area contributed by atoms with Crippen LogP contribution in [0.1, 0.15) is 11.6 Å². The van der Waals surface area contributed by atoms with Gasteiger partial charge in [-0.05, 0) is 23.8 Å². The number of aliphatic carboxylic acids is 1. The molecular weight excluding hydrogens is 253 g/mol. The summed E-state index contributed by atoms with van der Waals surface area (Å²) in [5.74, 6) is -1.61. The predicted octanol–water partition coefficient (Wildman–Crippen LogP) is 1.60. The summed E-state index contributed by atoms with van der Waals surface area (Å²) in [6, 6.07) is 3.23. The van der Waals surface area contributed by atoms with Crippen LogP contribution in [0.15, 0.2) is 18.2 Å². The van der Waals surface area contributed by atoms with Gasteiger partial charge in [0.15, 0.2) is 12.0 Å². The number of nitrogens with two attached hydrogens (primary N) is 1. The van der Waals surface area contributed by atoms with E-state index in [9.17, 15) is 4.79 Å². The average Bonchev–Trinajstić information content (AvgIpc) is 2.11. The molecule has 0 heterocycles. The summed E-state index contributed by atoms with van der Waals surface area (Å²) >= 11 is 11.5. The summed E-state index contributed by atoms with van der Waals surface area (Å²) < 4.78 is 0. The molecular formula is C9H9Cl2N3O2. The molecule has 16 heavy (non-hydrogen) atoms. The third kappa shape index (κ3) is 3.29. The molecule has 0 fully saturated rings. The molecule has 1 aromatic carbocycles. The molecule has 0 aromatic heterocycles. The number of halogens is 2. The van der Waals surface area contributed by atoms with Crippen molar-refractivity contribution in [3.63, 3.8) is 0 Å². The van der Waals surface area contributed by atoms with Crippen molar-refractivity contribution in [2.75, 3.05) is 0 Å². The van der Waals surface area contributed by atoms with E-state index in [0.717, 1.165) is 0 Å². The van der Waals surface area contributed by atoms with Crippen molar-refractivity contribution in [3.8, 4) is 0 Å². The quantitative estimate of drug-likeness (QED) is 0.491. The highest BCUT2D eigenvalue weighted by atomic mass is 35.5. The van der Waals surface area contributed by atoms with Crippen LogP contribution >= 0.6 is 23.2 Å². The number of carboxylic acid groups (broad SMARTS) is 1. The molecule has 86 valence electrons. The standard InChI is InChI=1S/C9H9Cl2N3O2/c10-5-1-4(2-6(11)3-5)7(8(15)16)14-9(12)13/h1-3,7H,(H,15,16)(H4,12,13,14). The van der Waals surface area contributed by atoms with Crippen LogP contribution < -0.4 is 11.1 Å². The molecule has 5 N–H and O–H groups in total. The summed E-state index contributed by atoms with van der Waals surface area (Å²) in [6.07, 6.45) is 0. The maximum Gasteiger partial charge on any atom is 0.330 e. The van der Waals surface area contributed by atoms with E-state index in [2.05, 4.69) is 5.32 Å². The monoisotopic (exact) mass is 261 g/mol. The van der Waals surface area contributed by atoms with Gasteiger partial charge in [-0.3, -0.25) is 5.41 Å². The summed E-state index contributed by atoms with van der Waals surface area (Å²) in [4.78, 5) is 11.0. The van der Waals surface area contributed by atoms with Crippen molar-refractivity contribution < 1.29 is 9.90 Å². The minimum atomic E-state index is -1.17. The van der Waals surface area contributed by atoms with Crippen LogP contribution in [0.25, 0.3) is 0 Å². The van der Waals surface area contributed by atoms with Gasteiger partial charge in [0.2, 0.25) is 0 Å². The number of carbonyl (C=O) groups is 1. The van der Waals surface area contributed by atoms with Gasteiger partial charge >= 0.3 is 5.97 Å². The molecule has 0 aliphatic heterocycles. The van der Waals surface area contributed by atoms with E-state index in [1.54, 1.807) is 0 Å². The number of guanidine groups is 1. The van der Waals surface area contributed by atoms with Crippen LogP contribution in [0, 0.1) is 5.41 Å². The first-order valence-corrected chi connectivity index (χ1v) is 4.95. The molecule has 5 nitrogen and oxygen atoms in total. The normalized spacial score (nSPS) is 11.9. The first kappa shape index (κ1) is 12.6. The second kappa shape index (κ2) is 5.05. The Kier molecular flexibility index (Phi) is 3.98. The van der Waals surface area contributed by atoms with Gasteiger partial charge in [-0.1, -0.05) is 23.2 Å². The first-order valence-electron chi connectivity index (χ1n) is 4.19. The van der Waals surface area contributed by atoms with Crippen molar-refractivity contribution in [1.29, 1.82) is 5.41 Å². The summed E-state index contributed by atoms with van der Waals surface area (Å²) in [6.45, 7) is 0. The van der Waals surface area contributed by atoms with E-state index in [0.29, 0.717) is 15.6 Å². The Morgan fingerprint density at radius 3 is 2.25 bits per heavy atom. The Bertz CT molecular complexity index is 417. The third-order valence-electron chi connectivity index (χ3n) is 1.77. The van der Waals surface area contributed by atoms with Crippen molar-refractivity contribution in [2.24, 2.45) is 5.73 Å². The molecule has 0 saturated carbocycles. The zero-order valence-electron chi connectivity index (χ0n) is 8.00. The SMILES string of the molecule is N=C(N)NC(C(=O)O)c1cc(Cl)cc(Cl)c1. The van der Waals surface area contributed by atoms with Gasteiger partial charge in [-0.25, -0.2) is 4.79 Å². The van der Waals surface area contributed by atoms with Gasteiger partial charge in [0.1, 0.15) is 0 Å². The lowest BCUT2D eigenvalue weighted by Gasteiger charge is -2.15. The summed E-state index contributed by atoms with van der Waals surface area (Å²) in [7, 11) is 0. The molecule has 0 spiro atoms. The molecule has 0 radical (unpaired) electrons. The molecule has 0 amide bonds. The lowest BCUT2D eigenvalue weighted by Crippen LogP contribution is -2.37. The summed E-state index contributed by atoms with van der Waals surface area (Å²) in [5.41, 5.74) is 5.42. The van der Waals surface area contributed by atoms with Crippen molar-refractivity contribution in [1.82, 2.24) is 5.32 Å². The molecule has 0 aliphatic rings. The zero-order valence-corrected chi connectivity index (χ0v) is 9.51. The largest absolute Gasteiger partial charge is 0.479 e. The van der Waals surface area contributed by atoms with Crippen LogP contribution in [0.3, 0.4) is 0 Å². The molecule has 1 rings (SSSR count). The van der Waals surface area contributed by atoms with Gasteiger partial charge in [-0.2, -0.15) is 0 Å². The number of nitrogens with one attached hydrogen (secondary N) is 2. The number of rotatable bonds is 3. The van der Waals surface area contributed by atoms with Gasteiger partial charge < -0.3 is 16.2 Å². The second-order valence-corrected chi connectivity index (χ2v) is 3.90. The third-order valence-corrected chi connectivity index (χ3v) is 2.20. The van der Waals surface area contributed by atoms with E-state index < -0.39 is 18.0 Å². The molecule has 0 aliphatic carbocycles. The molecule has 0 bridgehead atoms. The minimum absolute atomic E-state index is 0.319. The Morgan fingerprint density at radius 2 is 1.88 bits per heavy atom. The second-order valence-electron chi connectivity index (χ2n) is 3.03. The fourth-order valence-electron chi connectivity index (χ4n) is 1.18. The fraction of sp³-hybridized carbons (Fsp3) is 0.111. The maximum absolute atomic E-state index is 11.0. The Balaban J connectivity index is 3.10. The summed E-state index contributed by atoms with van der Waals surface area (Å²) in [5, 5.41) is 18.9. The van der Waals surface area contributed by atoms with E-state index >= 15 is 0 Å². The fourth-order valence-corrected chi connectivity index (χ4v) is 1.73. The van der Waals surface area contributed by atoms with Gasteiger partial charge in [0, 0.05) is 10.0 Å².